The lowest BCUT2D eigenvalue weighted by atomic mass is 10.1. The maximum absolute atomic E-state index is 13.6. The Labute approximate surface area is 120 Å². The van der Waals surface area contributed by atoms with Crippen LogP contribution in [-0.4, -0.2) is 22.9 Å². The summed E-state index contributed by atoms with van der Waals surface area (Å²) in [5, 5.41) is 8.58. The number of carbonyl (C=O) groups is 3. The first kappa shape index (κ1) is 14.9. The summed E-state index contributed by atoms with van der Waals surface area (Å²) in [5.74, 6) is -2.47. The van der Waals surface area contributed by atoms with E-state index in [9.17, 15) is 18.8 Å². The Kier molecular flexibility index (Phi) is 4.47. The molecule has 0 aliphatic carbocycles. The van der Waals surface area contributed by atoms with Crippen LogP contribution in [0.3, 0.4) is 0 Å². The number of carboxylic acids is 1. The maximum atomic E-state index is 13.6. The molecular weight excluding hydrogens is 277 g/mol. The van der Waals surface area contributed by atoms with Gasteiger partial charge in [0, 0.05) is 24.5 Å². The largest absolute Gasteiger partial charge is 0.478 e. The molecule has 1 aliphatic rings. The van der Waals surface area contributed by atoms with Gasteiger partial charge in [-0.3, -0.25) is 14.5 Å². The SMILES string of the molecule is O=C(O)/C=C/c1cc(N2C(=O)CCCCC2=O)ccc1F. The molecule has 1 heterocycles. The molecule has 2 rings (SSSR count). The van der Waals surface area contributed by atoms with E-state index in [1.807, 2.05) is 0 Å². The number of carbonyl (C=O) groups excluding carboxylic acids is 2. The lowest BCUT2D eigenvalue weighted by Crippen LogP contribution is -2.35. The summed E-state index contributed by atoms with van der Waals surface area (Å²) in [6.07, 6.45) is 3.72. The summed E-state index contributed by atoms with van der Waals surface area (Å²) in [7, 11) is 0. The fourth-order valence-electron chi connectivity index (χ4n) is 2.16. The highest BCUT2D eigenvalue weighted by Crippen LogP contribution is 2.24. The molecule has 0 saturated carbocycles. The second kappa shape index (κ2) is 6.30. The summed E-state index contributed by atoms with van der Waals surface area (Å²) < 4.78 is 13.6. The number of anilines is 1. The van der Waals surface area contributed by atoms with E-state index in [2.05, 4.69) is 0 Å². The van der Waals surface area contributed by atoms with Crippen molar-refractivity contribution in [2.75, 3.05) is 4.90 Å². The number of imide groups is 1. The van der Waals surface area contributed by atoms with Crippen LogP contribution in [0.4, 0.5) is 10.1 Å². The molecule has 21 heavy (non-hydrogen) atoms. The predicted octanol–water partition coefficient (Wildman–Crippen LogP) is 2.36. The molecule has 0 bridgehead atoms. The van der Waals surface area contributed by atoms with Gasteiger partial charge in [-0.1, -0.05) is 0 Å². The average molecular weight is 291 g/mol. The molecule has 1 saturated heterocycles. The van der Waals surface area contributed by atoms with Gasteiger partial charge in [-0.05, 0) is 37.1 Å². The van der Waals surface area contributed by atoms with Crippen LogP contribution in [0.5, 0.6) is 0 Å². The van der Waals surface area contributed by atoms with E-state index in [-0.39, 0.29) is 35.9 Å². The Morgan fingerprint density at radius 3 is 2.38 bits per heavy atom. The van der Waals surface area contributed by atoms with Crippen molar-refractivity contribution >= 4 is 29.5 Å². The van der Waals surface area contributed by atoms with E-state index < -0.39 is 11.8 Å². The quantitative estimate of drug-likeness (QED) is 0.685. The number of rotatable bonds is 3. The van der Waals surface area contributed by atoms with Crippen LogP contribution >= 0.6 is 0 Å². The van der Waals surface area contributed by atoms with Crippen molar-refractivity contribution in [2.45, 2.75) is 25.7 Å². The minimum Gasteiger partial charge on any atom is -0.478 e. The fraction of sp³-hybridized carbons (Fsp3) is 0.267. The molecule has 0 atom stereocenters. The van der Waals surface area contributed by atoms with Crippen LogP contribution in [0, 0.1) is 5.82 Å². The third-order valence-electron chi connectivity index (χ3n) is 3.17. The van der Waals surface area contributed by atoms with Crippen molar-refractivity contribution in [1.29, 1.82) is 0 Å². The lowest BCUT2D eigenvalue weighted by Gasteiger charge is -2.19. The standard InChI is InChI=1S/C15H14FNO4/c16-12-7-6-11(9-10(12)5-8-15(20)21)17-13(18)3-1-2-4-14(17)19/h5-9H,1-4H2,(H,20,21)/b8-5+. The Morgan fingerprint density at radius 2 is 1.81 bits per heavy atom. The number of aliphatic carboxylic acids is 1. The molecule has 0 unspecified atom stereocenters. The van der Waals surface area contributed by atoms with Gasteiger partial charge in [-0.25, -0.2) is 9.18 Å². The fourth-order valence-corrected chi connectivity index (χ4v) is 2.16. The summed E-state index contributed by atoms with van der Waals surface area (Å²) in [4.78, 5) is 35.5. The smallest absolute Gasteiger partial charge is 0.328 e. The normalized spacial score (nSPS) is 16.3. The van der Waals surface area contributed by atoms with Crippen molar-refractivity contribution in [3.8, 4) is 0 Å². The number of halogens is 1. The topological polar surface area (TPSA) is 74.7 Å². The van der Waals surface area contributed by atoms with Crippen molar-refractivity contribution < 1.29 is 23.9 Å². The Morgan fingerprint density at radius 1 is 1.19 bits per heavy atom. The second-order valence-electron chi connectivity index (χ2n) is 4.71. The molecule has 6 heteroatoms. The van der Waals surface area contributed by atoms with Crippen molar-refractivity contribution in [2.24, 2.45) is 0 Å². The number of hydrogen-bond acceptors (Lipinski definition) is 3. The average Bonchev–Trinajstić information content (AvgIpc) is 2.59. The summed E-state index contributed by atoms with van der Waals surface area (Å²) in [6, 6.07) is 3.76. The molecule has 1 aromatic rings. The highest BCUT2D eigenvalue weighted by atomic mass is 19.1. The van der Waals surface area contributed by atoms with Gasteiger partial charge < -0.3 is 5.11 Å². The first-order valence-corrected chi connectivity index (χ1v) is 6.55. The summed E-state index contributed by atoms with van der Waals surface area (Å²) in [6.45, 7) is 0. The van der Waals surface area contributed by atoms with Gasteiger partial charge in [0.15, 0.2) is 0 Å². The van der Waals surface area contributed by atoms with Crippen LogP contribution in [0.25, 0.3) is 6.08 Å². The van der Waals surface area contributed by atoms with Crippen LogP contribution in [0.2, 0.25) is 0 Å². The van der Waals surface area contributed by atoms with Crippen LogP contribution in [0.1, 0.15) is 31.2 Å². The zero-order chi connectivity index (χ0) is 15.4. The monoisotopic (exact) mass is 291 g/mol. The van der Waals surface area contributed by atoms with Crippen LogP contribution in [-0.2, 0) is 14.4 Å². The van der Waals surface area contributed by atoms with E-state index in [1.54, 1.807) is 0 Å². The van der Waals surface area contributed by atoms with E-state index in [0.717, 1.165) is 23.1 Å². The molecule has 110 valence electrons. The number of carboxylic acid groups (broad SMARTS) is 1. The molecular formula is C15H14FNO4. The van der Waals surface area contributed by atoms with Gasteiger partial charge in [-0.15, -0.1) is 0 Å². The number of benzene rings is 1. The Bertz CT molecular complexity index is 606. The minimum atomic E-state index is -1.21. The molecule has 1 N–H and O–H groups in total. The first-order valence-electron chi connectivity index (χ1n) is 6.55. The van der Waals surface area contributed by atoms with Crippen molar-refractivity contribution in [1.82, 2.24) is 0 Å². The highest BCUT2D eigenvalue weighted by molar-refractivity contribution is 6.15. The molecule has 1 fully saturated rings. The van der Waals surface area contributed by atoms with Crippen molar-refractivity contribution in [3.05, 3.63) is 35.7 Å². The lowest BCUT2D eigenvalue weighted by molar-refractivity contribution is -0.131. The van der Waals surface area contributed by atoms with Gasteiger partial charge in [0.05, 0.1) is 5.69 Å². The van der Waals surface area contributed by atoms with Gasteiger partial charge in [0.1, 0.15) is 5.82 Å². The Balaban J connectivity index is 2.39. The molecule has 2 amide bonds. The molecule has 1 aliphatic heterocycles. The molecule has 5 nitrogen and oxygen atoms in total. The predicted molar refractivity (Wildman–Crippen MR) is 74.0 cm³/mol. The number of amides is 2. The minimum absolute atomic E-state index is 0.0137. The summed E-state index contributed by atoms with van der Waals surface area (Å²) in [5.41, 5.74) is 0.276. The third-order valence-corrected chi connectivity index (χ3v) is 3.17. The molecule has 1 aromatic carbocycles. The molecule has 0 spiro atoms. The maximum Gasteiger partial charge on any atom is 0.328 e. The zero-order valence-electron chi connectivity index (χ0n) is 11.2. The van der Waals surface area contributed by atoms with Crippen LogP contribution < -0.4 is 4.90 Å². The summed E-state index contributed by atoms with van der Waals surface area (Å²) >= 11 is 0. The van der Waals surface area contributed by atoms with E-state index in [0.29, 0.717) is 12.8 Å². The van der Waals surface area contributed by atoms with E-state index in [4.69, 9.17) is 5.11 Å². The number of hydrogen-bond donors (Lipinski definition) is 1. The number of nitrogens with zero attached hydrogens (tertiary/aromatic N) is 1. The molecule has 0 aromatic heterocycles. The van der Waals surface area contributed by atoms with Gasteiger partial charge in [0.25, 0.3) is 0 Å². The van der Waals surface area contributed by atoms with Gasteiger partial charge in [0.2, 0.25) is 11.8 Å². The highest BCUT2D eigenvalue weighted by Gasteiger charge is 2.25. The van der Waals surface area contributed by atoms with Gasteiger partial charge >= 0.3 is 5.97 Å². The zero-order valence-corrected chi connectivity index (χ0v) is 11.2. The molecule has 0 radical (unpaired) electrons. The van der Waals surface area contributed by atoms with Crippen molar-refractivity contribution in [3.63, 3.8) is 0 Å². The van der Waals surface area contributed by atoms with Crippen LogP contribution in [0.15, 0.2) is 24.3 Å². The Hall–Kier alpha value is -2.50. The first-order chi connectivity index (χ1) is 9.99. The third kappa shape index (κ3) is 3.53. The second-order valence-corrected chi connectivity index (χ2v) is 4.71. The van der Waals surface area contributed by atoms with E-state index >= 15 is 0 Å². The van der Waals surface area contributed by atoms with Gasteiger partial charge in [-0.2, -0.15) is 0 Å². The van der Waals surface area contributed by atoms with E-state index in [1.165, 1.54) is 12.1 Å².